The molecule has 118 valence electrons. The summed E-state index contributed by atoms with van der Waals surface area (Å²) in [5, 5.41) is 2.49. The predicted octanol–water partition coefficient (Wildman–Crippen LogP) is 3.80. The first-order valence-electron chi connectivity index (χ1n) is 7.02. The van der Waals surface area contributed by atoms with Crippen LogP contribution < -0.4 is 10.2 Å². The summed E-state index contributed by atoms with van der Waals surface area (Å²) in [6.45, 7) is 4.79. The van der Waals surface area contributed by atoms with Gasteiger partial charge >= 0.3 is 13.7 Å². The second-order valence-electron chi connectivity index (χ2n) is 6.28. The highest BCUT2D eigenvalue weighted by atomic mass is 32.1. The lowest BCUT2D eigenvalue weighted by molar-refractivity contribution is -0.0482. The molecule has 2 aromatic rings. The van der Waals surface area contributed by atoms with E-state index in [0.29, 0.717) is 10.8 Å². The molecule has 2 heterocycles. The number of halogens is 2. The molecule has 1 aromatic carbocycles. The highest BCUT2D eigenvalue weighted by Crippen LogP contribution is 2.38. The molecule has 0 aliphatic carbocycles. The second kappa shape index (κ2) is 5.18. The van der Waals surface area contributed by atoms with Crippen LogP contribution in [-0.2, 0) is 9.31 Å². The van der Waals surface area contributed by atoms with Gasteiger partial charge in [-0.2, -0.15) is 8.78 Å². The molecule has 22 heavy (non-hydrogen) atoms. The van der Waals surface area contributed by atoms with Gasteiger partial charge in [-0.15, -0.1) is 11.3 Å². The largest absolute Gasteiger partial charge is 0.498 e. The van der Waals surface area contributed by atoms with Crippen molar-refractivity contribution < 1.29 is 22.8 Å². The van der Waals surface area contributed by atoms with E-state index < -0.39 is 24.9 Å². The maximum absolute atomic E-state index is 12.8. The number of alkyl halides is 2. The molecule has 1 saturated heterocycles. The molecule has 3 nitrogen and oxygen atoms in total. The minimum absolute atomic E-state index is 0.132. The van der Waals surface area contributed by atoms with E-state index in [1.807, 2.05) is 39.1 Å². The summed E-state index contributed by atoms with van der Waals surface area (Å²) in [6.07, 6.45) is 0. The van der Waals surface area contributed by atoms with Gasteiger partial charge in [-0.25, -0.2) is 0 Å². The van der Waals surface area contributed by atoms with Crippen molar-refractivity contribution in [2.24, 2.45) is 0 Å². The molecule has 0 radical (unpaired) electrons. The van der Waals surface area contributed by atoms with Crippen LogP contribution in [-0.4, -0.2) is 24.9 Å². The normalized spacial score (nSPS) is 20.0. The first-order valence-corrected chi connectivity index (χ1v) is 7.90. The Morgan fingerprint density at radius 1 is 1.09 bits per heavy atom. The highest BCUT2D eigenvalue weighted by Gasteiger charge is 2.52. The number of rotatable bonds is 3. The van der Waals surface area contributed by atoms with Gasteiger partial charge in [-0.3, -0.25) is 0 Å². The van der Waals surface area contributed by atoms with Crippen molar-refractivity contribution in [3.05, 3.63) is 23.6 Å². The molecular formula is C15H17BF2O3S. The zero-order valence-corrected chi connectivity index (χ0v) is 13.7. The molecule has 0 saturated carbocycles. The van der Waals surface area contributed by atoms with Crippen LogP contribution in [0.1, 0.15) is 27.7 Å². The summed E-state index contributed by atoms with van der Waals surface area (Å²) in [4.78, 5) is 0. The first-order chi connectivity index (χ1) is 10.2. The van der Waals surface area contributed by atoms with Crippen molar-refractivity contribution in [1.29, 1.82) is 0 Å². The van der Waals surface area contributed by atoms with Gasteiger partial charge in [0.05, 0.1) is 11.2 Å². The van der Waals surface area contributed by atoms with E-state index in [-0.39, 0.29) is 5.75 Å². The van der Waals surface area contributed by atoms with Crippen molar-refractivity contribution in [3.8, 4) is 5.75 Å². The molecule has 1 aliphatic rings. The van der Waals surface area contributed by atoms with E-state index in [4.69, 9.17) is 14.0 Å². The van der Waals surface area contributed by atoms with Crippen LogP contribution in [0, 0.1) is 0 Å². The Kier molecular flexibility index (Phi) is 3.70. The summed E-state index contributed by atoms with van der Waals surface area (Å²) in [5.41, 5.74) is -0.586. The molecule has 1 aromatic heterocycles. The minimum atomic E-state index is -2.90. The number of benzene rings is 1. The molecule has 1 aliphatic heterocycles. The average Bonchev–Trinajstić information content (AvgIpc) is 2.92. The smallest absolute Gasteiger partial charge is 0.435 e. The second-order valence-corrected chi connectivity index (χ2v) is 7.23. The molecule has 0 atom stereocenters. The Labute approximate surface area is 132 Å². The zero-order chi connectivity index (χ0) is 16.1. The Morgan fingerprint density at radius 3 is 2.32 bits per heavy atom. The van der Waals surface area contributed by atoms with E-state index in [1.54, 1.807) is 12.1 Å². The van der Waals surface area contributed by atoms with E-state index in [0.717, 1.165) is 4.70 Å². The van der Waals surface area contributed by atoms with Crippen LogP contribution in [0.25, 0.3) is 10.1 Å². The van der Waals surface area contributed by atoms with Crippen LogP contribution in [0.3, 0.4) is 0 Å². The number of fused-ring (bicyclic) bond motifs is 1. The van der Waals surface area contributed by atoms with E-state index >= 15 is 0 Å². The van der Waals surface area contributed by atoms with Gasteiger partial charge < -0.3 is 14.0 Å². The van der Waals surface area contributed by atoms with Crippen LogP contribution in [0.5, 0.6) is 5.75 Å². The Bertz CT molecular complexity index is 683. The molecule has 0 amide bonds. The maximum Gasteiger partial charge on any atom is 0.498 e. The fourth-order valence-corrected chi connectivity index (χ4v) is 3.20. The van der Waals surface area contributed by atoms with Gasteiger partial charge in [0.1, 0.15) is 5.75 Å². The van der Waals surface area contributed by atoms with Crippen LogP contribution >= 0.6 is 11.3 Å². The summed E-state index contributed by atoms with van der Waals surface area (Å²) in [6, 6.07) is 5.38. The standard InChI is InChI=1S/C15H17BF2O3S/c1-14(2)15(3,4)21-16(20-14)10-5-6-11-9(7-8-22-11)12(10)19-13(17)18/h5-8,13H,1-4H3. The monoisotopic (exact) mass is 326 g/mol. The topological polar surface area (TPSA) is 27.7 Å². The Morgan fingerprint density at radius 2 is 1.73 bits per heavy atom. The Hall–Kier alpha value is -1.18. The van der Waals surface area contributed by atoms with E-state index in [1.165, 1.54) is 11.3 Å². The van der Waals surface area contributed by atoms with Gasteiger partial charge in [0.15, 0.2) is 0 Å². The van der Waals surface area contributed by atoms with Crippen molar-refractivity contribution in [2.75, 3.05) is 0 Å². The fraction of sp³-hybridized carbons (Fsp3) is 0.467. The average molecular weight is 326 g/mol. The van der Waals surface area contributed by atoms with E-state index in [9.17, 15) is 8.78 Å². The van der Waals surface area contributed by atoms with Gasteiger partial charge in [-0.1, -0.05) is 6.07 Å². The van der Waals surface area contributed by atoms with Crippen molar-refractivity contribution in [2.45, 2.75) is 45.5 Å². The minimum Gasteiger partial charge on any atom is -0.435 e. The number of thiophene rings is 1. The lowest BCUT2D eigenvalue weighted by Crippen LogP contribution is -2.41. The van der Waals surface area contributed by atoms with Gasteiger partial charge in [0.25, 0.3) is 0 Å². The summed E-state index contributed by atoms with van der Waals surface area (Å²) in [5.74, 6) is 0.132. The summed E-state index contributed by atoms with van der Waals surface area (Å²) >= 11 is 1.47. The van der Waals surface area contributed by atoms with Crippen molar-refractivity contribution in [1.82, 2.24) is 0 Å². The quantitative estimate of drug-likeness (QED) is 0.803. The molecular weight excluding hydrogens is 309 g/mol. The SMILES string of the molecule is CC1(C)OB(c2ccc3sccc3c2OC(F)F)OC1(C)C. The molecule has 3 rings (SSSR count). The van der Waals surface area contributed by atoms with Crippen LogP contribution in [0.15, 0.2) is 23.6 Å². The van der Waals surface area contributed by atoms with Gasteiger partial charge in [0.2, 0.25) is 0 Å². The molecule has 0 spiro atoms. The third-order valence-electron chi connectivity index (χ3n) is 4.33. The molecule has 0 bridgehead atoms. The number of hydrogen-bond acceptors (Lipinski definition) is 4. The summed E-state index contributed by atoms with van der Waals surface area (Å²) < 4.78 is 43.2. The lowest BCUT2D eigenvalue weighted by atomic mass is 9.78. The third kappa shape index (κ3) is 2.51. The van der Waals surface area contributed by atoms with Crippen molar-refractivity contribution >= 4 is 34.0 Å². The van der Waals surface area contributed by atoms with Gasteiger partial charge in [-0.05, 0) is 45.2 Å². The first kappa shape index (κ1) is 15.7. The molecule has 1 fully saturated rings. The zero-order valence-electron chi connectivity index (χ0n) is 12.9. The van der Waals surface area contributed by atoms with Crippen LogP contribution in [0.2, 0.25) is 0 Å². The van der Waals surface area contributed by atoms with Crippen molar-refractivity contribution in [3.63, 3.8) is 0 Å². The maximum atomic E-state index is 12.8. The number of hydrogen-bond donors (Lipinski definition) is 0. The van der Waals surface area contributed by atoms with Crippen LogP contribution in [0.4, 0.5) is 8.78 Å². The fourth-order valence-electron chi connectivity index (χ4n) is 2.41. The number of ether oxygens (including phenoxy) is 1. The predicted molar refractivity (Wildman–Crippen MR) is 84.2 cm³/mol. The lowest BCUT2D eigenvalue weighted by Gasteiger charge is -2.32. The highest BCUT2D eigenvalue weighted by molar-refractivity contribution is 7.17. The van der Waals surface area contributed by atoms with Gasteiger partial charge in [0, 0.05) is 15.5 Å². The third-order valence-corrected chi connectivity index (χ3v) is 5.21. The molecule has 7 heteroatoms. The Balaban J connectivity index is 2.07. The van der Waals surface area contributed by atoms with E-state index in [2.05, 4.69) is 0 Å². The molecule has 0 N–H and O–H groups in total. The molecule has 0 unspecified atom stereocenters. The summed E-state index contributed by atoms with van der Waals surface area (Å²) in [7, 11) is -0.733.